The zero-order valence-electron chi connectivity index (χ0n) is 60.6. The summed E-state index contributed by atoms with van der Waals surface area (Å²) in [5.74, 6) is -1.46. The number of aliphatic hydroxyl groups excluding tert-OH is 1. The molecule has 0 aliphatic rings. The van der Waals surface area contributed by atoms with Gasteiger partial charge in [0, 0.05) is 25.7 Å². The first-order valence-electron chi connectivity index (χ1n) is 38.5. The minimum absolute atomic E-state index is 0.101. The second kappa shape index (κ2) is 67.7. The van der Waals surface area contributed by atoms with Crippen LogP contribution in [0.4, 0.5) is 0 Å². The van der Waals surface area contributed by atoms with Gasteiger partial charge in [0.2, 0.25) is 0 Å². The quantitative estimate of drug-likeness (QED) is 0.0169. The summed E-state index contributed by atoms with van der Waals surface area (Å²) in [4.78, 5) is 72.6. The Hall–Kier alpha value is -2.46. The molecule has 0 heterocycles. The van der Waals surface area contributed by atoms with Gasteiger partial charge in [0.25, 0.3) is 0 Å². The van der Waals surface area contributed by atoms with E-state index in [1.165, 1.54) is 167 Å². The van der Waals surface area contributed by atoms with Gasteiger partial charge in [-0.25, -0.2) is 9.13 Å². The molecule has 0 amide bonds. The van der Waals surface area contributed by atoms with Crippen LogP contribution in [-0.2, 0) is 65.4 Å². The van der Waals surface area contributed by atoms with Crippen LogP contribution >= 0.6 is 15.6 Å². The zero-order valence-corrected chi connectivity index (χ0v) is 62.4. The predicted octanol–water partition coefficient (Wildman–Crippen LogP) is 21.6. The van der Waals surface area contributed by atoms with Crippen molar-refractivity contribution in [3.8, 4) is 0 Å². The molecule has 0 bridgehead atoms. The molecule has 5 atom stereocenters. The number of ether oxygens (including phenoxy) is 4. The maximum atomic E-state index is 13.1. The van der Waals surface area contributed by atoms with Gasteiger partial charge in [0.05, 0.1) is 26.4 Å². The third-order valence-corrected chi connectivity index (χ3v) is 18.8. The van der Waals surface area contributed by atoms with E-state index >= 15 is 0 Å². The summed E-state index contributed by atoms with van der Waals surface area (Å²) < 4.78 is 68.3. The van der Waals surface area contributed by atoms with Gasteiger partial charge in [-0.2, -0.15) is 0 Å². The molecule has 0 aromatic heterocycles. The standard InChI is InChI=1S/C75H142O17P2/c1-6-9-12-15-18-21-23-25-27-28-29-30-31-32-34-36-38-40-45-50-55-60-74(79)91-70(65-86-73(78)59-54-49-44-39-37-35-33-26-24-22-19-16-13-10-7-2)66-89-93(81,82)87-62-69(76)63-88-94(83,84)90-67-71(64-85-72(77)58-53-48-43-20-17-14-11-8-3)92-75(80)61-56-51-46-41-42-47-52-57-68(4)5/h22,24,26,33,68-71,76H,6-21,23,25,27-32,34-67H2,1-5H3,(H,81,82)(H,83,84)/b24-22-,33-26-/t69-,70-,71-/m1/s1. The molecule has 0 aliphatic heterocycles. The molecule has 94 heavy (non-hydrogen) atoms. The van der Waals surface area contributed by atoms with E-state index in [4.69, 9.17) is 37.0 Å². The van der Waals surface area contributed by atoms with Gasteiger partial charge in [0.15, 0.2) is 12.2 Å². The Kier molecular flexibility index (Phi) is 65.9. The molecule has 554 valence electrons. The smallest absolute Gasteiger partial charge is 0.462 e. The monoisotopic (exact) mass is 1380 g/mol. The Morgan fingerprint density at radius 1 is 0.330 bits per heavy atom. The average molecular weight is 1380 g/mol. The molecule has 0 fully saturated rings. The third kappa shape index (κ3) is 68.1. The normalized spacial score (nSPS) is 14.1. The number of allylic oxidation sites excluding steroid dienone is 4. The van der Waals surface area contributed by atoms with E-state index in [-0.39, 0.29) is 25.7 Å². The molecule has 0 saturated heterocycles. The van der Waals surface area contributed by atoms with Gasteiger partial charge < -0.3 is 33.8 Å². The molecular formula is C75H142O17P2. The van der Waals surface area contributed by atoms with Crippen molar-refractivity contribution in [3.63, 3.8) is 0 Å². The van der Waals surface area contributed by atoms with E-state index in [2.05, 4.69) is 58.9 Å². The Morgan fingerprint density at radius 3 is 0.872 bits per heavy atom. The van der Waals surface area contributed by atoms with Crippen LogP contribution in [-0.4, -0.2) is 96.7 Å². The van der Waals surface area contributed by atoms with Crippen LogP contribution in [0.1, 0.15) is 369 Å². The topological polar surface area (TPSA) is 237 Å². The first kappa shape index (κ1) is 91.5. The lowest BCUT2D eigenvalue weighted by molar-refractivity contribution is -0.161. The Labute approximate surface area is 573 Å². The fourth-order valence-electron chi connectivity index (χ4n) is 11.0. The summed E-state index contributed by atoms with van der Waals surface area (Å²) in [6.07, 6.45) is 59.4. The second-order valence-corrected chi connectivity index (χ2v) is 29.7. The number of carbonyl (C=O) groups is 4. The number of rotatable bonds is 73. The summed E-state index contributed by atoms with van der Waals surface area (Å²) in [5, 5.41) is 10.6. The van der Waals surface area contributed by atoms with E-state index in [0.717, 1.165) is 116 Å². The Balaban J connectivity index is 5.20. The third-order valence-electron chi connectivity index (χ3n) is 16.9. The van der Waals surface area contributed by atoms with Crippen molar-refractivity contribution >= 4 is 39.5 Å². The van der Waals surface area contributed by atoms with Gasteiger partial charge in [-0.05, 0) is 57.3 Å². The highest BCUT2D eigenvalue weighted by Gasteiger charge is 2.30. The maximum Gasteiger partial charge on any atom is 0.472 e. The average Bonchev–Trinajstić information content (AvgIpc) is 3.03. The molecule has 0 radical (unpaired) electrons. The molecule has 0 saturated carbocycles. The molecule has 0 aromatic rings. The number of unbranched alkanes of at least 4 members (excludes halogenated alkanes) is 42. The molecule has 3 N–H and O–H groups in total. The van der Waals surface area contributed by atoms with Crippen molar-refractivity contribution in [1.82, 2.24) is 0 Å². The predicted molar refractivity (Wildman–Crippen MR) is 381 cm³/mol. The second-order valence-electron chi connectivity index (χ2n) is 26.8. The van der Waals surface area contributed by atoms with E-state index in [1.807, 2.05) is 0 Å². The van der Waals surface area contributed by atoms with Crippen molar-refractivity contribution in [2.24, 2.45) is 5.92 Å². The summed E-state index contributed by atoms with van der Waals surface area (Å²) >= 11 is 0. The van der Waals surface area contributed by atoms with Gasteiger partial charge in [0.1, 0.15) is 19.3 Å². The van der Waals surface area contributed by atoms with Crippen molar-refractivity contribution in [1.29, 1.82) is 0 Å². The summed E-state index contributed by atoms with van der Waals surface area (Å²) in [5.41, 5.74) is 0. The lowest BCUT2D eigenvalue weighted by Crippen LogP contribution is -2.30. The summed E-state index contributed by atoms with van der Waals surface area (Å²) in [6.45, 7) is 7.11. The number of aliphatic hydroxyl groups is 1. The number of phosphoric acid groups is 2. The molecule has 0 aromatic carbocycles. The fraction of sp³-hybridized carbons (Fsp3) is 0.893. The van der Waals surface area contributed by atoms with Crippen LogP contribution < -0.4 is 0 Å². The highest BCUT2D eigenvalue weighted by atomic mass is 31.2. The highest BCUT2D eigenvalue weighted by molar-refractivity contribution is 7.47. The zero-order chi connectivity index (χ0) is 69.1. The van der Waals surface area contributed by atoms with Gasteiger partial charge in [-0.3, -0.25) is 37.3 Å². The van der Waals surface area contributed by atoms with E-state index in [9.17, 15) is 43.2 Å². The number of hydrogen-bond donors (Lipinski definition) is 3. The molecular weight excluding hydrogens is 1230 g/mol. The van der Waals surface area contributed by atoms with Gasteiger partial charge in [-0.1, -0.05) is 316 Å². The number of carbonyl (C=O) groups excluding carboxylic acids is 4. The van der Waals surface area contributed by atoms with Gasteiger partial charge in [-0.15, -0.1) is 0 Å². The summed E-state index contributed by atoms with van der Waals surface area (Å²) in [6, 6.07) is 0. The van der Waals surface area contributed by atoms with Crippen LogP contribution in [0.2, 0.25) is 0 Å². The molecule has 19 heteroatoms. The Morgan fingerprint density at radius 2 is 0.574 bits per heavy atom. The fourth-order valence-corrected chi connectivity index (χ4v) is 12.6. The van der Waals surface area contributed by atoms with E-state index < -0.39 is 97.5 Å². The largest absolute Gasteiger partial charge is 0.472 e. The minimum atomic E-state index is -4.96. The minimum Gasteiger partial charge on any atom is -0.462 e. The van der Waals surface area contributed by atoms with Crippen molar-refractivity contribution in [2.45, 2.75) is 387 Å². The molecule has 0 rings (SSSR count). The molecule has 0 aliphatic carbocycles. The van der Waals surface area contributed by atoms with Crippen LogP contribution in [0, 0.1) is 5.92 Å². The van der Waals surface area contributed by atoms with Crippen molar-refractivity contribution in [2.75, 3.05) is 39.6 Å². The lowest BCUT2D eigenvalue weighted by atomic mass is 10.0. The molecule has 2 unspecified atom stereocenters. The van der Waals surface area contributed by atoms with Crippen molar-refractivity contribution < 1.29 is 80.2 Å². The highest BCUT2D eigenvalue weighted by Crippen LogP contribution is 2.45. The SMILES string of the molecule is CCCCCC/C=C\C=C/CCCCCCCC(=O)OC[C@H](COP(=O)(O)OC[C@@H](O)COP(=O)(O)OC[C@@H](COC(=O)CCCCCCCCCC)OC(=O)CCCCCCCCCC(C)C)OC(=O)CCCCCCCCCCCCCCCCCCCCCCC. The molecule has 0 spiro atoms. The summed E-state index contributed by atoms with van der Waals surface area (Å²) in [7, 11) is -9.91. The van der Waals surface area contributed by atoms with Crippen LogP contribution in [0.3, 0.4) is 0 Å². The van der Waals surface area contributed by atoms with Crippen molar-refractivity contribution in [3.05, 3.63) is 24.3 Å². The van der Waals surface area contributed by atoms with Crippen LogP contribution in [0.25, 0.3) is 0 Å². The number of phosphoric ester groups is 2. The van der Waals surface area contributed by atoms with E-state index in [0.29, 0.717) is 31.6 Å². The number of esters is 4. The van der Waals surface area contributed by atoms with Crippen LogP contribution in [0.5, 0.6) is 0 Å². The van der Waals surface area contributed by atoms with Gasteiger partial charge >= 0.3 is 39.5 Å². The first-order chi connectivity index (χ1) is 45.5. The first-order valence-corrected chi connectivity index (χ1v) is 41.4. The van der Waals surface area contributed by atoms with Crippen LogP contribution in [0.15, 0.2) is 24.3 Å². The number of hydrogen-bond acceptors (Lipinski definition) is 15. The lowest BCUT2D eigenvalue weighted by Gasteiger charge is -2.21. The molecule has 17 nitrogen and oxygen atoms in total. The Bertz CT molecular complexity index is 1900. The van der Waals surface area contributed by atoms with E-state index in [1.54, 1.807) is 0 Å². The maximum absolute atomic E-state index is 13.1.